The summed E-state index contributed by atoms with van der Waals surface area (Å²) in [4.78, 5) is 5.88. The van der Waals surface area contributed by atoms with Crippen LogP contribution in [0.2, 0.25) is 0 Å². The van der Waals surface area contributed by atoms with Crippen LogP contribution in [0.3, 0.4) is 0 Å². The van der Waals surface area contributed by atoms with Crippen LogP contribution >= 0.6 is 0 Å². The summed E-state index contributed by atoms with van der Waals surface area (Å²) < 4.78 is 52.9. The number of rotatable bonds is 4. The molecule has 0 bridgehead atoms. The van der Waals surface area contributed by atoms with Crippen molar-refractivity contribution in [3.05, 3.63) is 60.7 Å². The molecular weight excluding hydrogens is 374 g/mol. The summed E-state index contributed by atoms with van der Waals surface area (Å²) in [5.41, 5.74) is -1.44. The summed E-state index contributed by atoms with van der Waals surface area (Å²) in [6.45, 7) is 0.534. The molecule has 2 aliphatic heterocycles. The summed E-state index contributed by atoms with van der Waals surface area (Å²) in [6.07, 6.45) is 1.38. The van der Waals surface area contributed by atoms with Crippen molar-refractivity contribution in [3.63, 3.8) is 0 Å². The maximum absolute atomic E-state index is 13.3. The van der Waals surface area contributed by atoms with E-state index in [-0.39, 0.29) is 9.79 Å². The Morgan fingerprint density at radius 3 is 1.92 bits per heavy atom. The average molecular weight is 393 g/mol. The number of hydrogen-bond donors (Lipinski definition) is 0. The van der Waals surface area contributed by atoms with Crippen LogP contribution in [0.5, 0.6) is 0 Å². The van der Waals surface area contributed by atoms with Crippen LogP contribution in [-0.4, -0.2) is 45.2 Å². The molecule has 0 radical (unpaired) electrons. The van der Waals surface area contributed by atoms with E-state index in [0.29, 0.717) is 13.0 Å². The first-order chi connectivity index (χ1) is 12.4. The number of nitrogens with zero attached hydrogens (tertiary/aromatic N) is 1. The highest BCUT2D eigenvalue weighted by molar-refractivity contribution is 7.96. The van der Waals surface area contributed by atoms with Crippen LogP contribution in [0.15, 0.2) is 70.5 Å². The minimum Gasteiger partial charge on any atom is -0.277 e. The molecule has 0 aliphatic carbocycles. The van der Waals surface area contributed by atoms with Gasteiger partial charge in [0.05, 0.1) is 15.8 Å². The Kier molecular flexibility index (Phi) is 4.38. The Morgan fingerprint density at radius 1 is 0.808 bits per heavy atom. The molecular formula is C18H19NO5S2. The van der Waals surface area contributed by atoms with Gasteiger partial charge in [-0.05, 0) is 37.1 Å². The molecule has 0 saturated carbocycles. The summed E-state index contributed by atoms with van der Waals surface area (Å²) in [7, 11) is -7.84. The van der Waals surface area contributed by atoms with E-state index in [0.717, 1.165) is 6.42 Å². The van der Waals surface area contributed by atoms with Crippen molar-refractivity contribution in [3.8, 4) is 0 Å². The zero-order valence-corrected chi connectivity index (χ0v) is 15.6. The molecule has 26 heavy (non-hydrogen) atoms. The molecule has 2 aromatic rings. The monoisotopic (exact) mass is 393 g/mol. The van der Waals surface area contributed by atoms with Crippen LogP contribution < -0.4 is 0 Å². The van der Waals surface area contributed by atoms with Gasteiger partial charge in [-0.1, -0.05) is 36.4 Å². The lowest BCUT2D eigenvalue weighted by Crippen LogP contribution is -2.42. The third-order valence-electron chi connectivity index (χ3n) is 4.94. The van der Waals surface area contributed by atoms with E-state index in [9.17, 15) is 16.8 Å². The highest BCUT2D eigenvalue weighted by Crippen LogP contribution is 2.40. The summed E-state index contributed by atoms with van der Waals surface area (Å²) in [6, 6.07) is 15.4. The second-order valence-corrected chi connectivity index (χ2v) is 10.6. The molecule has 0 spiro atoms. The maximum atomic E-state index is 13.3. The molecule has 0 aromatic heterocycles. The van der Waals surface area contributed by atoms with Gasteiger partial charge in [-0.15, -0.1) is 0 Å². The Balaban J connectivity index is 1.82. The smallest absolute Gasteiger partial charge is 0.208 e. The molecule has 8 heteroatoms. The topological polar surface area (TPSA) is 80.8 Å². The van der Waals surface area contributed by atoms with E-state index in [1.165, 1.54) is 29.3 Å². The van der Waals surface area contributed by atoms with E-state index in [2.05, 4.69) is 0 Å². The lowest BCUT2D eigenvalue weighted by molar-refractivity contribution is -0.125. The Labute approximate surface area is 153 Å². The van der Waals surface area contributed by atoms with Gasteiger partial charge in [-0.25, -0.2) is 16.8 Å². The third-order valence-corrected chi connectivity index (χ3v) is 9.24. The first-order valence-electron chi connectivity index (χ1n) is 8.44. The number of sulfone groups is 2. The van der Waals surface area contributed by atoms with E-state index in [1.807, 2.05) is 0 Å². The number of benzene rings is 2. The SMILES string of the molecule is O=S(=O)(c1ccccc1)[C@H]1[C@H]2CCCN2O[C@H]1S(=O)(=O)c1ccccc1. The van der Waals surface area contributed by atoms with Gasteiger partial charge in [-0.2, -0.15) is 5.06 Å². The van der Waals surface area contributed by atoms with Crippen molar-refractivity contribution in [2.24, 2.45) is 0 Å². The molecule has 6 nitrogen and oxygen atoms in total. The molecule has 2 saturated heterocycles. The van der Waals surface area contributed by atoms with E-state index >= 15 is 0 Å². The van der Waals surface area contributed by atoms with Gasteiger partial charge < -0.3 is 0 Å². The molecule has 3 atom stereocenters. The van der Waals surface area contributed by atoms with Gasteiger partial charge in [0.15, 0.2) is 9.84 Å². The fourth-order valence-electron chi connectivity index (χ4n) is 3.70. The lowest BCUT2D eigenvalue weighted by atomic mass is 10.2. The minimum absolute atomic E-state index is 0.0689. The van der Waals surface area contributed by atoms with Gasteiger partial charge >= 0.3 is 0 Å². The van der Waals surface area contributed by atoms with E-state index in [4.69, 9.17) is 4.84 Å². The second kappa shape index (κ2) is 6.45. The van der Waals surface area contributed by atoms with Crippen molar-refractivity contribution in [1.29, 1.82) is 0 Å². The van der Waals surface area contributed by atoms with Gasteiger partial charge in [0.2, 0.25) is 15.3 Å². The molecule has 2 heterocycles. The maximum Gasteiger partial charge on any atom is 0.208 e. The Hall–Kier alpha value is -1.74. The fourth-order valence-corrected chi connectivity index (χ4v) is 8.02. The van der Waals surface area contributed by atoms with Gasteiger partial charge in [-0.3, -0.25) is 4.84 Å². The van der Waals surface area contributed by atoms with E-state index < -0.39 is 36.4 Å². The zero-order valence-electron chi connectivity index (χ0n) is 13.9. The number of fused-ring (bicyclic) bond motifs is 1. The molecule has 4 rings (SSSR count). The van der Waals surface area contributed by atoms with Crippen molar-refractivity contribution in [2.45, 2.75) is 39.4 Å². The molecule has 2 aliphatic rings. The first kappa shape index (κ1) is 17.7. The Morgan fingerprint density at radius 2 is 1.35 bits per heavy atom. The van der Waals surface area contributed by atoms with Crippen LogP contribution in [0.4, 0.5) is 0 Å². The third kappa shape index (κ3) is 2.77. The molecule has 2 aromatic carbocycles. The lowest BCUT2D eigenvalue weighted by Gasteiger charge is -2.21. The van der Waals surface area contributed by atoms with Crippen molar-refractivity contribution in [1.82, 2.24) is 5.06 Å². The van der Waals surface area contributed by atoms with Crippen molar-refractivity contribution in [2.75, 3.05) is 6.54 Å². The van der Waals surface area contributed by atoms with Crippen molar-refractivity contribution >= 4 is 19.7 Å². The van der Waals surface area contributed by atoms with Gasteiger partial charge in [0, 0.05) is 6.54 Å². The van der Waals surface area contributed by atoms with Gasteiger partial charge in [0.25, 0.3) is 0 Å². The standard InChI is InChI=1S/C18H19NO5S2/c20-25(21,14-8-3-1-4-9-14)17-16-12-7-13-19(16)24-18(17)26(22,23)15-10-5-2-6-11-15/h1-6,8-11,16-18H,7,12-13H2/t16-,17+,18+/m1/s1. The highest BCUT2D eigenvalue weighted by atomic mass is 32.2. The number of hydrogen-bond acceptors (Lipinski definition) is 6. The molecule has 0 unspecified atom stereocenters. The first-order valence-corrected chi connectivity index (χ1v) is 11.5. The van der Waals surface area contributed by atoms with Crippen LogP contribution in [0.1, 0.15) is 12.8 Å². The zero-order chi connectivity index (χ0) is 18.4. The number of hydroxylamine groups is 2. The normalized spacial score (nSPS) is 26.7. The largest absolute Gasteiger partial charge is 0.277 e. The highest BCUT2D eigenvalue weighted by Gasteiger charge is 2.57. The average Bonchev–Trinajstić information content (AvgIpc) is 3.24. The van der Waals surface area contributed by atoms with E-state index in [1.54, 1.807) is 36.4 Å². The Bertz CT molecular complexity index is 990. The molecule has 138 valence electrons. The summed E-state index contributed by atoms with van der Waals surface area (Å²) in [5.74, 6) is 0. The molecule has 0 amide bonds. The summed E-state index contributed by atoms with van der Waals surface area (Å²) in [5, 5.41) is 0.383. The molecule has 0 N–H and O–H groups in total. The predicted molar refractivity (Wildman–Crippen MR) is 95.6 cm³/mol. The minimum atomic E-state index is -3.96. The summed E-state index contributed by atoms with van der Waals surface area (Å²) >= 11 is 0. The van der Waals surface area contributed by atoms with Crippen molar-refractivity contribution < 1.29 is 21.7 Å². The predicted octanol–water partition coefficient (Wildman–Crippen LogP) is 2.04. The molecule has 2 fully saturated rings. The van der Waals surface area contributed by atoms with Crippen LogP contribution in [-0.2, 0) is 24.5 Å². The van der Waals surface area contributed by atoms with Crippen LogP contribution in [0.25, 0.3) is 0 Å². The second-order valence-electron chi connectivity index (χ2n) is 6.50. The van der Waals surface area contributed by atoms with Crippen LogP contribution in [0, 0.1) is 0 Å². The fraction of sp³-hybridized carbons (Fsp3) is 0.333. The quantitative estimate of drug-likeness (QED) is 0.791. The van der Waals surface area contributed by atoms with Gasteiger partial charge in [0.1, 0.15) is 5.25 Å².